The van der Waals surface area contributed by atoms with Crippen molar-refractivity contribution in [3.05, 3.63) is 59.9 Å². The van der Waals surface area contributed by atoms with Crippen molar-refractivity contribution in [3.8, 4) is 11.5 Å². The molecule has 0 saturated heterocycles. The molecule has 0 fully saturated rings. The van der Waals surface area contributed by atoms with Crippen molar-refractivity contribution in [2.75, 3.05) is 13.7 Å². The molecule has 0 aliphatic carbocycles. The number of para-hydroxylation sites is 2. The molecule has 0 aliphatic rings. The second-order valence-electron chi connectivity index (χ2n) is 4.00. The Labute approximate surface area is 111 Å². The standard InChI is InChI=1S/C15H15FO3/c1-18-14-8-4-5-9-15(14)19-10-13(17)11-6-2-3-7-12(11)16/h2-9,13,17H,10H2,1H3. The van der Waals surface area contributed by atoms with Gasteiger partial charge < -0.3 is 14.6 Å². The topological polar surface area (TPSA) is 38.7 Å². The highest BCUT2D eigenvalue weighted by atomic mass is 19.1. The normalized spacial score (nSPS) is 11.9. The summed E-state index contributed by atoms with van der Waals surface area (Å²) in [6.07, 6.45) is -1.02. The molecule has 2 aromatic carbocycles. The molecular weight excluding hydrogens is 247 g/mol. The van der Waals surface area contributed by atoms with Crippen molar-refractivity contribution in [2.24, 2.45) is 0 Å². The van der Waals surface area contributed by atoms with E-state index < -0.39 is 11.9 Å². The second-order valence-corrected chi connectivity index (χ2v) is 4.00. The van der Waals surface area contributed by atoms with Crippen LogP contribution in [0.2, 0.25) is 0 Å². The molecule has 2 aromatic rings. The Kier molecular flexibility index (Phi) is 4.36. The van der Waals surface area contributed by atoms with Gasteiger partial charge in [0.2, 0.25) is 0 Å². The Morgan fingerprint density at radius 3 is 2.37 bits per heavy atom. The number of hydrogen-bond acceptors (Lipinski definition) is 3. The molecule has 0 spiro atoms. The Hall–Kier alpha value is -2.07. The monoisotopic (exact) mass is 262 g/mol. The summed E-state index contributed by atoms with van der Waals surface area (Å²) < 4.78 is 24.1. The number of hydrogen-bond donors (Lipinski definition) is 1. The van der Waals surface area contributed by atoms with E-state index in [9.17, 15) is 9.50 Å². The van der Waals surface area contributed by atoms with Gasteiger partial charge in [0.05, 0.1) is 7.11 Å². The summed E-state index contributed by atoms with van der Waals surface area (Å²) in [6, 6.07) is 13.2. The van der Waals surface area contributed by atoms with E-state index in [2.05, 4.69) is 0 Å². The van der Waals surface area contributed by atoms with Crippen LogP contribution in [-0.2, 0) is 0 Å². The molecule has 4 heteroatoms. The van der Waals surface area contributed by atoms with Gasteiger partial charge >= 0.3 is 0 Å². The number of aliphatic hydroxyl groups is 1. The molecule has 1 unspecified atom stereocenters. The molecule has 19 heavy (non-hydrogen) atoms. The minimum Gasteiger partial charge on any atom is -0.493 e. The largest absolute Gasteiger partial charge is 0.493 e. The lowest BCUT2D eigenvalue weighted by Gasteiger charge is -2.15. The summed E-state index contributed by atoms with van der Waals surface area (Å²) in [5.74, 6) is 0.641. The predicted molar refractivity (Wildman–Crippen MR) is 69.8 cm³/mol. The average Bonchev–Trinajstić information content (AvgIpc) is 2.45. The first-order valence-corrected chi connectivity index (χ1v) is 5.90. The van der Waals surface area contributed by atoms with Crippen LogP contribution in [0.25, 0.3) is 0 Å². The van der Waals surface area contributed by atoms with Gasteiger partial charge in [0.15, 0.2) is 11.5 Å². The average molecular weight is 262 g/mol. The van der Waals surface area contributed by atoms with Crippen molar-refractivity contribution in [1.29, 1.82) is 0 Å². The van der Waals surface area contributed by atoms with Gasteiger partial charge in [-0.3, -0.25) is 0 Å². The molecule has 1 N–H and O–H groups in total. The third-order valence-corrected chi connectivity index (χ3v) is 2.73. The van der Waals surface area contributed by atoms with Crippen LogP contribution < -0.4 is 9.47 Å². The van der Waals surface area contributed by atoms with Gasteiger partial charge in [-0.15, -0.1) is 0 Å². The second kappa shape index (κ2) is 6.20. The highest BCUT2D eigenvalue weighted by Crippen LogP contribution is 2.27. The molecular formula is C15H15FO3. The summed E-state index contributed by atoms with van der Waals surface area (Å²) >= 11 is 0. The molecule has 0 radical (unpaired) electrons. The van der Waals surface area contributed by atoms with Crippen molar-refractivity contribution in [3.63, 3.8) is 0 Å². The van der Waals surface area contributed by atoms with Crippen LogP contribution in [0.15, 0.2) is 48.5 Å². The summed E-state index contributed by atoms with van der Waals surface area (Å²) in [5.41, 5.74) is 0.220. The predicted octanol–water partition coefficient (Wildman–Crippen LogP) is 2.95. The van der Waals surface area contributed by atoms with Gasteiger partial charge in [0.25, 0.3) is 0 Å². The Morgan fingerprint density at radius 1 is 1.05 bits per heavy atom. The lowest BCUT2D eigenvalue weighted by molar-refractivity contribution is 0.103. The van der Waals surface area contributed by atoms with Crippen molar-refractivity contribution < 1.29 is 19.0 Å². The fraction of sp³-hybridized carbons (Fsp3) is 0.200. The van der Waals surface area contributed by atoms with Gasteiger partial charge in [0, 0.05) is 5.56 Å². The van der Waals surface area contributed by atoms with Crippen molar-refractivity contribution in [1.82, 2.24) is 0 Å². The van der Waals surface area contributed by atoms with E-state index in [4.69, 9.17) is 9.47 Å². The van der Waals surface area contributed by atoms with E-state index in [0.29, 0.717) is 11.5 Å². The zero-order valence-corrected chi connectivity index (χ0v) is 10.5. The van der Waals surface area contributed by atoms with E-state index >= 15 is 0 Å². The van der Waals surface area contributed by atoms with Crippen LogP contribution in [0.1, 0.15) is 11.7 Å². The molecule has 0 saturated carbocycles. The molecule has 0 amide bonds. The van der Waals surface area contributed by atoms with Crippen LogP contribution >= 0.6 is 0 Å². The minimum atomic E-state index is -1.02. The number of rotatable bonds is 5. The van der Waals surface area contributed by atoms with Crippen LogP contribution in [0, 0.1) is 5.82 Å². The third kappa shape index (κ3) is 3.23. The van der Waals surface area contributed by atoms with E-state index in [-0.39, 0.29) is 12.2 Å². The van der Waals surface area contributed by atoms with E-state index in [1.54, 1.807) is 30.3 Å². The highest BCUT2D eigenvalue weighted by Gasteiger charge is 2.13. The third-order valence-electron chi connectivity index (χ3n) is 2.73. The zero-order chi connectivity index (χ0) is 13.7. The van der Waals surface area contributed by atoms with Crippen molar-refractivity contribution >= 4 is 0 Å². The summed E-state index contributed by atoms with van der Waals surface area (Å²) in [6.45, 7) is -0.0404. The molecule has 0 heterocycles. The van der Waals surface area contributed by atoms with Gasteiger partial charge in [-0.1, -0.05) is 30.3 Å². The number of benzene rings is 2. The number of halogens is 1. The van der Waals surface area contributed by atoms with Crippen LogP contribution in [0.3, 0.4) is 0 Å². The van der Waals surface area contributed by atoms with Crippen LogP contribution in [0.4, 0.5) is 4.39 Å². The fourth-order valence-electron chi connectivity index (χ4n) is 1.74. The SMILES string of the molecule is COc1ccccc1OCC(O)c1ccccc1F. The maximum absolute atomic E-state index is 13.5. The number of ether oxygens (including phenoxy) is 2. The zero-order valence-electron chi connectivity index (χ0n) is 10.5. The molecule has 1 atom stereocenters. The van der Waals surface area contributed by atoms with Gasteiger partial charge in [-0.05, 0) is 18.2 Å². The molecule has 100 valence electrons. The fourth-order valence-corrected chi connectivity index (χ4v) is 1.74. The van der Waals surface area contributed by atoms with E-state index in [1.807, 2.05) is 6.07 Å². The molecule has 3 nitrogen and oxygen atoms in total. The van der Waals surface area contributed by atoms with Crippen LogP contribution in [0.5, 0.6) is 11.5 Å². The Balaban J connectivity index is 2.04. The number of methoxy groups -OCH3 is 1. The van der Waals surface area contributed by atoms with E-state index in [1.165, 1.54) is 19.2 Å². The Bertz CT molecular complexity index is 542. The molecule has 0 aromatic heterocycles. The van der Waals surface area contributed by atoms with E-state index in [0.717, 1.165) is 0 Å². The van der Waals surface area contributed by atoms with Gasteiger partial charge in [0.1, 0.15) is 18.5 Å². The Morgan fingerprint density at radius 2 is 1.68 bits per heavy atom. The summed E-state index contributed by atoms with van der Waals surface area (Å²) in [4.78, 5) is 0. The quantitative estimate of drug-likeness (QED) is 0.900. The van der Waals surface area contributed by atoms with Crippen LogP contribution in [-0.4, -0.2) is 18.8 Å². The maximum Gasteiger partial charge on any atom is 0.161 e. The molecule has 2 rings (SSSR count). The lowest BCUT2D eigenvalue weighted by Crippen LogP contribution is -2.11. The minimum absolute atomic E-state index is 0.0404. The first-order valence-electron chi connectivity index (χ1n) is 5.90. The van der Waals surface area contributed by atoms with Crippen molar-refractivity contribution in [2.45, 2.75) is 6.10 Å². The van der Waals surface area contributed by atoms with Gasteiger partial charge in [-0.2, -0.15) is 0 Å². The summed E-state index contributed by atoms with van der Waals surface area (Å²) in [7, 11) is 1.54. The first kappa shape index (κ1) is 13.4. The smallest absolute Gasteiger partial charge is 0.161 e. The van der Waals surface area contributed by atoms with Gasteiger partial charge in [-0.25, -0.2) is 4.39 Å². The molecule has 0 aliphatic heterocycles. The maximum atomic E-state index is 13.5. The lowest BCUT2D eigenvalue weighted by atomic mass is 10.1. The summed E-state index contributed by atoms with van der Waals surface area (Å²) in [5, 5.41) is 9.92. The number of aliphatic hydroxyl groups excluding tert-OH is 1. The molecule has 0 bridgehead atoms. The highest BCUT2D eigenvalue weighted by molar-refractivity contribution is 5.39. The first-order chi connectivity index (χ1) is 9.22.